The van der Waals surface area contributed by atoms with Crippen molar-refractivity contribution in [2.75, 3.05) is 5.32 Å². The van der Waals surface area contributed by atoms with E-state index in [4.69, 9.17) is 5.11 Å². The van der Waals surface area contributed by atoms with Gasteiger partial charge in [0.25, 0.3) is 11.6 Å². The van der Waals surface area contributed by atoms with Crippen LogP contribution in [0.25, 0.3) is 0 Å². The molecule has 3 N–H and O–H groups in total. The monoisotopic (exact) mass is 397 g/mol. The molecule has 0 bridgehead atoms. The van der Waals surface area contributed by atoms with Crippen molar-refractivity contribution in [2.45, 2.75) is 38.3 Å². The van der Waals surface area contributed by atoms with Crippen LogP contribution in [-0.4, -0.2) is 27.9 Å². The maximum atomic E-state index is 12.5. The van der Waals surface area contributed by atoms with Crippen LogP contribution in [0.3, 0.4) is 0 Å². The Kier molecular flexibility index (Phi) is 6.43. The lowest BCUT2D eigenvalue weighted by molar-refractivity contribution is -0.384. The van der Waals surface area contributed by atoms with Crippen LogP contribution in [0.1, 0.15) is 41.6 Å². The number of hydrogen-bond acceptors (Lipinski definition) is 5. The summed E-state index contributed by atoms with van der Waals surface area (Å²) in [6.07, 6.45) is 2.20. The Bertz CT molecular complexity index is 892. The highest BCUT2D eigenvalue weighted by Gasteiger charge is 2.27. The normalized spacial score (nSPS) is 18.6. The molecule has 1 amide bonds. The highest BCUT2D eigenvalue weighted by Crippen LogP contribution is 2.27. The Labute approximate surface area is 168 Å². The van der Waals surface area contributed by atoms with E-state index >= 15 is 0 Å². The van der Waals surface area contributed by atoms with E-state index in [2.05, 4.69) is 10.6 Å². The van der Waals surface area contributed by atoms with Crippen LogP contribution < -0.4 is 10.6 Å². The van der Waals surface area contributed by atoms with E-state index in [0.29, 0.717) is 37.9 Å². The van der Waals surface area contributed by atoms with Crippen molar-refractivity contribution in [2.24, 2.45) is 5.92 Å². The summed E-state index contributed by atoms with van der Waals surface area (Å²) in [5, 5.41) is 26.4. The van der Waals surface area contributed by atoms with Gasteiger partial charge in [-0.2, -0.15) is 0 Å². The fourth-order valence-electron chi connectivity index (χ4n) is 3.52. The van der Waals surface area contributed by atoms with Gasteiger partial charge in [0.05, 0.1) is 10.8 Å². The number of benzene rings is 2. The number of nitro groups is 1. The maximum absolute atomic E-state index is 12.5. The van der Waals surface area contributed by atoms with Crippen molar-refractivity contribution in [3.8, 4) is 0 Å². The Morgan fingerprint density at radius 3 is 2.38 bits per heavy atom. The number of carboxylic acids is 1. The summed E-state index contributed by atoms with van der Waals surface area (Å²) >= 11 is 0. The second kappa shape index (κ2) is 9.18. The minimum atomic E-state index is -0.802. The quantitative estimate of drug-likeness (QED) is 0.485. The van der Waals surface area contributed by atoms with Gasteiger partial charge in [0.1, 0.15) is 5.69 Å². The largest absolute Gasteiger partial charge is 0.481 e. The van der Waals surface area contributed by atoms with Gasteiger partial charge in [-0.15, -0.1) is 0 Å². The number of nitrogens with one attached hydrogen (secondary N) is 2. The third-order valence-corrected chi connectivity index (χ3v) is 5.19. The molecule has 0 heterocycles. The molecule has 2 aromatic rings. The first-order valence-corrected chi connectivity index (χ1v) is 9.54. The van der Waals surface area contributed by atoms with Crippen LogP contribution in [0.15, 0.2) is 48.5 Å². The lowest BCUT2D eigenvalue weighted by Crippen LogP contribution is -2.38. The van der Waals surface area contributed by atoms with Crippen LogP contribution in [0.5, 0.6) is 0 Å². The van der Waals surface area contributed by atoms with E-state index in [9.17, 15) is 19.7 Å². The van der Waals surface area contributed by atoms with Gasteiger partial charge in [0, 0.05) is 24.2 Å². The molecule has 1 aliphatic rings. The zero-order valence-corrected chi connectivity index (χ0v) is 15.8. The number of carboxylic acid groups (broad SMARTS) is 1. The molecule has 8 nitrogen and oxygen atoms in total. The van der Waals surface area contributed by atoms with Gasteiger partial charge in [-0.05, 0) is 43.4 Å². The minimum absolute atomic E-state index is 0.118. The molecule has 1 fully saturated rings. The van der Waals surface area contributed by atoms with E-state index in [-0.39, 0.29) is 29.1 Å². The highest BCUT2D eigenvalue weighted by molar-refractivity contribution is 5.96. The van der Waals surface area contributed by atoms with E-state index < -0.39 is 10.9 Å². The summed E-state index contributed by atoms with van der Waals surface area (Å²) < 4.78 is 0. The van der Waals surface area contributed by atoms with E-state index in [1.165, 1.54) is 12.1 Å². The maximum Gasteiger partial charge on any atom is 0.306 e. The molecular formula is C21H23N3O5. The molecular weight excluding hydrogens is 374 g/mol. The van der Waals surface area contributed by atoms with E-state index in [0.717, 1.165) is 5.56 Å². The number of hydrogen-bond donors (Lipinski definition) is 3. The van der Waals surface area contributed by atoms with Gasteiger partial charge in [-0.1, -0.05) is 30.3 Å². The fourth-order valence-corrected chi connectivity index (χ4v) is 3.52. The van der Waals surface area contributed by atoms with Gasteiger partial charge in [0.15, 0.2) is 0 Å². The minimum Gasteiger partial charge on any atom is -0.481 e. The number of anilines is 1. The Balaban J connectivity index is 1.65. The average molecular weight is 397 g/mol. The molecule has 8 heteroatoms. The average Bonchev–Trinajstić information content (AvgIpc) is 2.73. The molecule has 1 aliphatic carbocycles. The molecule has 2 aromatic carbocycles. The van der Waals surface area contributed by atoms with Gasteiger partial charge in [-0.3, -0.25) is 19.7 Å². The first-order valence-electron chi connectivity index (χ1n) is 9.54. The summed E-state index contributed by atoms with van der Waals surface area (Å²) in [7, 11) is 0. The first kappa shape index (κ1) is 20.3. The zero-order chi connectivity index (χ0) is 20.8. The smallest absolute Gasteiger partial charge is 0.306 e. The summed E-state index contributed by atoms with van der Waals surface area (Å²) in [5.74, 6) is -1.55. The predicted molar refractivity (Wildman–Crippen MR) is 108 cm³/mol. The van der Waals surface area contributed by atoms with Gasteiger partial charge in [-0.25, -0.2) is 0 Å². The Hall–Kier alpha value is -3.42. The van der Waals surface area contributed by atoms with Gasteiger partial charge >= 0.3 is 5.97 Å². The number of nitro benzene ring substituents is 1. The van der Waals surface area contributed by atoms with Crippen LogP contribution >= 0.6 is 0 Å². The second-order valence-electron chi connectivity index (χ2n) is 7.19. The molecule has 0 aromatic heterocycles. The molecule has 0 radical (unpaired) electrons. The van der Waals surface area contributed by atoms with Crippen molar-refractivity contribution >= 4 is 23.3 Å². The molecule has 0 atom stereocenters. The van der Waals surface area contributed by atoms with Crippen LogP contribution in [-0.2, 0) is 11.3 Å². The third kappa shape index (κ3) is 5.31. The highest BCUT2D eigenvalue weighted by atomic mass is 16.6. The predicted octanol–water partition coefficient (Wildman–Crippen LogP) is 3.58. The molecule has 0 saturated heterocycles. The lowest BCUT2D eigenvalue weighted by Gasteiger charge is -2.26. The molecule has 3 rings (SSSR count). The molecule has 1 saturated carbocycles. The number of carbonyl (C=O) groups excluding carboxylic acids is 1. The number of aliphatic carboxylic acids is 1. The lowest BCUT2D eigenvalue weighted by atomic mass is 9.86. The topological polar surface area (TPSA) is 122 Å². The number of rotatable bonds is 7. The van der Waals surface area contributed by atoms with E-state index in [1.807, 2.05) is 30.3 Å². The second-order valence-corrected chi connectivity index (χ2v) is 7.19. The molecule has 152 valence electrons. The number of nitrogens with zero attached hydrogens (tertiary/aromatic N) is 1. The fraction of sp³-hybridized carbons (Fsp3) is 0.333. The van der Waals surface area contributed by atoms with Crippen molar-refractivity contribution in [1.29, 1.82) is 0 Å². The molecule has 0 spiro atoms. The molecule has 0 aliphatic heterocycles. The van der Waals surface area contributed by atoms with Crippen molar-refractivity contribution < 1.29 is 19.6 Å². The third-order valence-electron chi connectivity index (χ3n) is 5.19. The van der Waals surface area contributed by atoms with Gasteiger partial charge in [0.2, 0.25) is 0 Å². The summed E-state index contributed by atoms with van der Waals surface area (Å²) in [5.41, 5.74) is 1.38. The van der Waals surface area contributed by atoms with Crippen LogP contribution in [0.2, 0.25) is 0 Å². The van der Waals surface area contributed by atoms with Crippen molar-refractivity contribution in [3.05, 3.63) is 69.8 Å². The zero-order valence-electron chi connectivity index (χ0n) is 15.8. The van der Waals surface area contributed by atoms with Crippen LogP contribution in [0.4, 0.5) is 11.4 Å². The van der Waals surface area contributed by atoms with Gasteiger partial charge < -0.3 is 15.7 Å². The first-order chi connectivity index (χ1) is 13.9. The van der Waals surface area contributed by atoms with Crippen molar-refractivity contribution in [1.82, 2.24) is 5.32 Å². The summed E-state index contributed by atoms with van der Waals surface area (Å²) in [6.45, 7) is 0.431. The molecule has 29 heavy (non-hydrogen) atoms. The summed E-state index contributed by atoms with van der Waals surface area (Å²) in [4.78, 5) is 34.5. The Morgan fingerprint density at radius 2 is 1.76 bits per heavy atom. The number of amides is 1. The standard InChI is InChI=1S/C21H23N3O5/c25-20(23-17-9-6-15(7-10-17)21(26)27)16-8-11-18(19(12-16)24(28)29)22-13-14-4-2-1-3-5-14/h1-5,8,11-12,15,17,22H,6-7,9-10,13H2,(H,23,25)(H,26,27). The Morgan fingerprint density at radius 1 is 1.07 bits per heavy atom. The van der Waals surface area contributed by atoms with Crippen molar-refractivity contribution in [3.63, 3.8) is 0 Å². The molecule has 0 unspecified atom stereocenters. The van der Waals surface area contributed by atoms with E-state index in [1.54, 1.807) is 6.07 Å². The van der Waals surface area contributed by atoms with Crippen LogP contribution in [0, 0.1) is 16.0 Å². The summed E-state index contributed by atoms with van der Waals surface area (Å²) in [6, 6.07) is 13.8. The SMILES string of the molecule is O=C(NC1CCC(C(=O)O)CC1)c1ccc(NCc2ccccc2)c([N+](=O)[O-])c1. The number of carbonyl (C=O) groups is 2.